The molecule has 0 bridgehead atoms. The summed E-state index contributed by atoms with van der Waals surface area (Å²) in [6, 6.07) is 4.94. The van der Waals surface area contributed by atoms with Crippen molar-refractivity contribution in [1.82, 2.24) is 14.7 Å². The molecule has 0 fully saturated rings. The number of thiazole rings is 1. The number of carbonyl (C=O) groups is 1. The van der Waals surface area contributed by atoms with Crippen molar-refractivity contribution in [3.63, 3.8) is 0 Å². The van der Waals surface area contributed by atoms with E-state index in [-0.39, 0.29) is 11.9 Å². The zero-order valence-corrected chi connectivity index (χ0v) is 15.6. The molecule has 2 aromatic heterocycles. The fourth-order valence-electron chi connectivity index (χ4n) is 2.49. The molecule has 7 heteroatoms. The second-order valence-electron chi connectivity index (χ2n) is 5.65. The van der Waals surface area contributed by atoms with Gasteiger partial charge in [-0.2, -0.15) is 0 Å². The standard InChI is InChI=1S/C19H21N3O3S/c1-4-9-25-16-7-6-14(11-17(16)24-5-2)18(23)20-13(3)15-12-22-8-10-26-19(22)21-15/h4,6-8,10-13H,1,5,9H2,2-3H3,(H,20,23)/t13-/m1/s1. The molecule has 0 unspecified atom stereocenters. The van der Waals surface area contributed by atoms with Gasteiger partial charge < -0.3 is 14.8 Å². The molecule has 6 nitrogen and oxygen atoms in total. The average molecular weight is 371 g/mol. The first-order valence-electron chi connectivity index (χ1n) is 8.36. The van der Waals surface area contributed by atoms with Crippen LogP contribution in [0.4, 0.5) is 0 Å². The summed E-state index contributed by atoms with van der Waals surface area (Å²) in [7, 11) is 0. The first-order valence-corrected chi connectivity index (χ1v) is 9.23. The highest BCUT2D eigenvalue weighted by Crippen LogP contribution is 2.29. The zero-order chi connectivity index (χ0) is 18.5. The van der Waals surface area contributed by atoms with Gasteiger partial charge >= 0.3 is 0 Å². The van der Waals surface area contributed by atoms with E-state index in [4.69, 9.17) is 9.47 Å². The van der Waals surface area contributed by atoms with E-state index in [1.54, 1.807) is 35.6 Å². The Morgan fingerprint density at radius 3 is 3.00 bits per heavy atom. The van der Waals surface area contributed by atoms with Crippen molar-refractivity contribution in [2.24, 2.45) is 0 Å². The van der Waals surface area contributed by atoms with Gasteiger partial charge in [0.05, 0.1) is 18.3 Å². The molecule has 0 aliphatic carbocycles. The Morgan fingerprint density at radius 2 is 2.27 bits per heavy atom. The largest absolute Gasteiger partial charge is 0.490 e. The lowest BCUT2D eigenvalue weighted by molar-refractivity contribution is 0.0938. The predicted octanol–water partition coefficient (Wildman–Crippen LogP) is 3.85. The van der Waals surface area contributed by atoms with Crippen molar-refractivity contribution in [2.75, 3.05) is 13.2 Å². The second kappa shape index (κ2) is 8.05. The summed E-state index contributed by atoms with van der Waals surface area (Å²) in [6.07, 6.45) is 5.53. The molecule has 3 aromatic rings. The van der Waals surface area contributed by atoms with Crippen LogP contribution in [0.2, 0.25) is 0 Å². The highest BCUT2D eigenvalue weighted by molar-refractivity contribution is 7.15. The molecule has 136 valence electrons. The van der Waals surface area contributed by atoms with Crippen LogP contribution in [0.1, 0.15) is 35.9 Å². The van der Waals surface area contributed by atoms with Gasteiger partial charge in [-0.25, -0.2) is 4.98 Å². The maximum Gasteiger partial charge on any atom is 0.251 e. The highest BCUT2D eigenvalue weighted by Gasteiger charge is 2.16. The van der Waals surface area contributed by atoms with Crippen molar-refractivity contribution in [2.45, 2.75) is 19.9 Å². The minimum absolute atomic E-state index is 0.190. The van der Waals surface area contributed by atoms with Gasteiger partial charge in [0.1, 0.15) is 6.61 Å². The number of nitrogens with one attached hydrogen (secondary N) is 1. The summed E-state index contributed by atoms with van der Waals surface area (Å²) in [5.74, 6) is 0.938. The summed E-state index contributed by atoms with van der Waals surface area (Å²) in [5, 5.41) is 4.95. The summed E-state index contributed by atoms with van der Waals surface area (Å²) in [4.78, 5) is 18.0. The van der Waals surface area contributed by atoms with Crippen LogP contribution >= 0.6 is 11.3 Å². The summed E-state index contributed by atoms with van der Waals surface area (Å²) >= 11 is 1.56. The Labute approximate surface area is 156 Å². The number of hydrogen-bond acceptors (Lipinski definition) is 5. The lowest BCUT2D eigenvalue weighted by Gasteiger charge is -2.14. The van der Waals surface area contributed by atoms with Gasteiger partial charge in [-0.05, 0) is 32.0 Å². The molecule has 0 saturated carbocycles. The summed E-state index contributed by atoms with van der Waals surface area (Å²) in [6.45, 7) is 8.29. The topological polar surface area (TPSA) is 64.9 Å². The first-order chi connectivity index (χ1) is 12.6. The van der Waals surface area contributed by atoms with E-state index in [9.17, 15) is 4.79 Å². The maximum absolute atomic E-state index is 12.6. The van der Waals surface area contributed by atoms with Gasteiger partial charge in [0.15, 0.2) is 16.5 Å². The van der Waals surface area contributed by atoms with E-state index >= 15 is 0 Å². The Hall–Kier alpha value is -2.80. The smallest absolute Gasteiger partial charge is 0.251 e. The quantitative estimate of drug-likeness (QED) is 0.611. The number of carbonyl (C=O) groups excluding carboxylic acids is 1. The molecule has 3 rings (SSSR count). The number of fused-ring (bicyclic) bond motifs is 1. The molecule has 0 saturated heterocycles. The van der Waals surface area contributed by atoms with Crippen LogP contribution in [0.5, 0.6) is 11.5 Å². The fraction of sp³-hybridized carbons (Fsp3) is 0.263. The Bertz CT molecular complexity index is 887. The molecule has 0 spiro atoms. The maximum atomic E-state index is 12.6. The molecule has 2 heterocycles. The highest BCUT2D eigenvalue weighted by atomic mass is 32.1. The van der Waals surface area contributed by atoms with Gasteiger partial charge in [0, 0.05) is 23.3 Å². The van der Waals surface area contributed by atoms with Gasteiger partial charge in [-0.3, -0.25) is 9.20 Å². The van der Waals surface area contributed by atoms with E-state index in [0.717, 1.165) is 10.7 Å². The van der Waals surface area contributed by atoms with Gasteiger partial charge in [0.25, 0.3) is 5.91 Å². The van der Waals surface area contributed by atoms with Crippen molar-refractivity contribution in [1.29, 1.82) is 0 Å². The monoisotopic (exact) mass is 371 g/mol. The number of hydrogen-bond donors (Lipinski definition) is 1. The number of rotatable bonds is 8. The van der Waals surface area contributed by atoms with Crippen LogP contribution in [0, 0.1) is 0 Å². The lowest BCUT2D eigenvalue weighted by atomic mass is 10.1. The number of nitrogens with zero attached hydrogens (tertiary/aromatic N) is 2. The molecular formula is C19H21N3O3S. The van der Waals surface area contributed by atoms with Crippen LogP contribution in [0.15, 0.2) is 48.6 Å². The molecule has 26 heavy (non-hydrogen) atoms. The van der Waals surface area contributed by atoms with E-state index in [0.29, 0.717) is 30.3 Å². The molecular weight excluding hydrogens is 350 g/mol. The Kier molecular flexibility index (Phi) is 5.58. The summed E-state index contributed by atoms with van der Waals surface area (Å²) in [5.41, 5.74) is 1.33. The number of benzene rings is 1. The second-order valence-corrected chi connectivity index (χ2v) is 6.52. The van der Waals surface area contributed by atoms with Gasteiger partial charge in [0.2, 0.25) is 0 Å². The number of aromatic nitrogens is 2. The molecule has 1 N–H and O–H groups in total. The molecule has 0 aliphatic heterocycles. The van der Waals surface area contributed by atoms with E-state index in [2.05, 4.69) is 16.9 Å². The molecule has 0 aliphatic rings. The van der Waals surface area contributed by atoms with Crippen LogP contribution in [-0.4, -0.2) is 28.5 Å². The van der Waals surface area contributed by atoms with Crippen molar-refractivity contribution in [3.8, 4) is 11.5 Å². The SMILES string of the molecule is C=CCOc1ccc(C(=O)N[C@H](C)c2cn3ccsc3n2)cc1OCC. The normalized spacial score (nSPS) is 11.9. The van der Waals surface area contributed by atoms with Crippen molar-refractivity contribution in [3.05, 3.63) is 59.9 Å². The molecule has 1 aromatic carbocycles. The first kappa shape index (κ1) is 18.0. The molecule has 1 atom stereocenters. The fourth-order valence-corrected chi connectivity index (χ4v) is 3.20. The van der Waals surface area contributed by atoms with Crippen LogP contribution in [0.25, 0.3) is 4.96 Å². The Balaban J connectivity index is 1.74. The van der Waals surface area contributed by atoms with E-state index in [1.807, 2.05) is 36.0 Å². The third-order valence-corrected chi connectivity index (χ3v) is 4.54. The Morgan fingerprint density at radius 1 is 1.42 bits per heavy atom. The lowest BCUT2D eigenvalue weighted by Crippen LogP contribution is -2.26. The minimum Gasteiger partial charge on any atom is -0.490 e. The number of ether oxygens (including phenoxy) is 2. The predicted molar refractivity (Wildman–Crippen MR) is 102 cm³/mol. The third-order valence-electron chi connectivity index (χ3n) is 3.77. The van der Waals surface area contributed by atoms with Gasteiger partial charge in [-0.15, -0.1) is 11.3 Å². The van der Waals surface area contributed by atoms with E-state index in [1.165, 1.54) is 0 Å². The van der Waals surface area contributed by atoms with Crippen LogP contribution in [0.3, 0.4) is 0 Å². The molecule has 1 amide bonds. The van der Waals surface area contributed by atoms with Gasteiger partial charge in [-0.1, -0.05) is 12.7 Å². The van der Waals surface area contributed by atoms with E-state index < -0.39 is 0 Å². The zero-order valence-electron chi connectivity index (χ0n) is 14.8. The third kappa shape index (κ3) is 3.88. The van der Waals surface area contributed by atoms with Crippen molar-refractivity contribution < 1.29 is 14.3 Å². The minimum atomic E-state index is -0.207. The van der Waals surface area contributed by atoms with Crippen LogP contribution < -0.4 is 14.8 Å². The average Bonchev–Trinajstić information content (AvgIpc) is 3.22. The number of imidazole rings is 1. The van der Waals surface area contributed by atoms with Crippen LogP contribution in [-0.2, 0) is 0 Å². The number of amides is 1. The summed E-state index contributed by atoms with van der Waals surface area (Å²) < 4.78 is 13.1. The van der Waals surface area contributed by atoms with Crippen molar-refractivity contribution >= 4 is 22.2 Å². The molecule has 0 radical (unpaired) electrons.